The maximum atomic E-state index is 12.0. The first-order valence-corrected chi connectivity index (χ1v) is 9.67. The van der Waals surface area contributed by atoms with Crippen LogP contribution in [0, 0.1) is 0 Å². The maximum absolute atomic E-state index is 12.0. The van der Waals surface area contributed by atoms with E-state index in [4.69, 9.17) is 17.0 Å². The van der Waals surface area contributed by atoms with Crippen LogP contribution in [0.3, 0.4) is 0 Å². The molecule has 7 heteroatoms. The van der Waals surface area contributed by atoms with Crippen LogP contribution >= 0.6 is 12.2 Å². The molecule has 28 heavy (non-hydrogen) atoms. The minimum atomic E-state index is -0.299. The van der Waals surface area contributed by atoms with Crippen molar-refractivity contribution in [1.82, 2.24) is 21.1 Å². The van der Waals surface area contributed by atoms with Gasteiger partial charge in [-0.1, -0.05) is 48.5 Å². The van der Waals surface area contributed by atoms with Crippen molar-refractivity contribution in [3.63, 3.8) is 0 Å². The number of hydrazine groups is 1. The smallest absolute Gasteiger partial charge is 0.276 e. The average molecular weight is 401 g/mol. The summed E-state index contributed by atoms with van der Waals surface area (Å²) in [6, 6.07) is 17.9. The van der Waals surface area contributed by atoms with E-state index in [1.807, 2.05) is 56.6 Å². The summed E-state index contributed by atoms with van der Waals surface area (Å²) in [5, 5.41) is 3.43. The van der Waals surface area contributed by atoms with Crippen LogP contribution in [0.1, 0.15) is 17.5 Å². The summed E-state index contributed by atoms with van der Waals surface area (Å²) < 4.78 is 5.71. The van der Waals surface area contributed by atoms with Gasteiger partial charge in [0.1, 0.15) is 5.75 Å². The zero-order valence-corrected chi connectivity index (χ0v) is 17.2. The van der Waals surface area contributed by atoms with E-state index in [2.05, 4.69) is 33.2 Å². The Balaban J connectivity index is 1.73. The topological polar surface area (TPSA) is 65.6 Å². The fourth-order valence-electron chi connectivity index (χ4n) is 2.55. The Morgan fingerprint density at radius 2 is 1.75 bits per heavy atom. The fourth-order valence-corrected chi connectivity index (χ4v) is 2.71. The standard InChI is InChI=1S/C21H28N4O2S/c1-25(2)14-8-13-22-21(28)24-23-20(26)16-27-19-12-7-6-11-18(19)15-17-9-4-3-5-10-17/h3-7,9-12H,8,13-16H2,1-2H3,(H,23,26)(H2,22,24,28). The second kappa shape index (κ2) is 11.9. The van der Waals surface area contributed by atoms with Gasteiger partial charge in [0.15, 0.2) is 11.7 Å². The summed E-state index contributed by atoms with van der Waals surface area (Å²) in [7, 11) is 4.05. The van der Waals surface area contributed by atoms with Crippen molar-refractivity contribution in [2.24, 2.45) is 0 Å². The van der Waals surface area contributed by atoms with Gasteiger partial charge in [0.25, 0.3) is 5.91 Å². The Kier molecular flexibility index (Phi) is 9.24. The third-order valence-electron chi connectivity index (χ3n) is 3.95. The summed E-state index contributed by atoms with van der Waals surface area (Å²) in [5.74, 6) is 0.401. The van der Waals surface area contributed by atoms with Crippen LogP contribution in [0.2, 0.25) is 0 Å². The molecule has 0 heterocycles. The average Bonchev–Trinajstić information content (AvgIpc) is 2.69. The summed E-state index contributed by atoms with van der Waals surface area (Å²) in [6.45, 7) is 1.61. The number of rotatable bonds is 9. The van der Waals surface area contributed by atoms with Crippen LogP contribution in [0.4, 0.5) is 0 Å². The highest BCUT2D eigenvalue weighted by molar-refractivity contribution is 7.80. The SMILES string of the molecule is CN(C)CCCNC(=S)NNC(=O)COc1ccccc1Cc1ccccc1. The monoisotopic (exact) mass is 400 g/mol. The number of thiocarbonyl (C=S) groups is 1. The van der Waals surface area contributed by atoms with Crippen LogP contribution in [-0.4, -0.2) is 49.7 Å². The van der Waals surface area contributed by atoms with Crippen molar-refractivity contribution < 1.29 is 9.53 Å². The number of hydrogen-bond acceptors (Lipinski definition) is 4. The lowest BCUT2D eigenvalue weighted by Crippen LogP contribution is -2.48. The Labute approximate surface area is 172 Å². The first-order chi connectivity index (χ1) is 13.5. The van der Waals surface area contributed by atoms with Crippen LogP contribution in [0.15, 0.2) is 54.6 Å². The molecule has 0 saturated heterocycles. The van der Waals surface area contributed by atoms with Gasteiger partial charge < -0.3 is 15.0 Å². The highest BCUT2D eigenvalue weighted by Gasteiger charge is 2.08. The molecular weight excluding hydrogens is 372 g/mol. The molecule has 150 valence electrons. The molecule has 0 bridgehead atoms. The molecule has 3 N–H and O–H groups in total. The maximum Gasteiger partial charge on any atom is 0.276 e. The molecule has 0 atom stereocenters. The van der Waals surface area contributed by atoms with Crippen molar-refractivity contribution in [2.45, 2.75) is 12.8 Å². The van der Waals surface area contributed by atoms with E-state index in [0.717, 1.165) is 31.5 Å². The largest absolute Gasteiger partial charge is 0.483 e. The molecule has 0 unspecified atom stereocenters. The predicted molar refractivity (Wildman–Crippen MR) is 116 cm³/mol. The Bertz CT molecular complexity index is 753. The van der Waals surface area contributed by atoms with Gasteiger partial charge in [-0.25, -0.2) is 0 Å². The first kappa shape index (κ1) is 21.7. The number of nitrogens with zero attached hydrogens (tertiary/aromatic N) is 1. The molecule has 0 fully saturated rings. The van der Waals surface area contributed by atoms with E-state index in [0.29, 0.717) is 10.9 Å². The van der Waals surface area contributed by atoms with Crippen molar-refractivity contribution >= 4 is 23.2 Å². The molecular formula is C21H28N4O2S. The lowest BCUT2D eigenvalue weighted by molar-refractivity contribution is -0.123. The Hall–Kier alpha value is -2.64. The van der Waals surface area contributed by atoms with Crippen molar-refractivity contribution in [3.8, 4) is 5.75 Å². The third-order valence-corrected chi connectivity index (χ3v) is 4.20. The molecule has 6 nitrogen and oxygen atoms in total. The molecule has 0 saturated carbocycles. The van der Waals surface area contributed by atoms with Crippen LogP contribution < -0.4 is 20.9 Å². The van der Waals surface area contributed by atoms with Gasteiger partial charge in [0.05, 0.1) is 0 Å². The molecule has 2 aromatic rings. The fraction of sp³-hybridized carbons (Fsp3) is 0.333. The normalized spacial score (nSPS) is 10.4. The van der Waals surface area contributed by atoms with E-state index in [1.54, 1.807) is 0 Å². The Morgan fingerprint density at radius 3 is 2.50 bits per heavy atom. The number of carbonyl (C=O) groups is 1. The van der Waals surface area contributed by atoms with Gasteiger partial charge >= 0.3 is 0 Å². The molecule has 0 aliphatic rings. The summed E-state index contributed by atoms with van der Waals surface area (Å²) in [6.07, 6.45) is 1.71. The van der Waals surface area contributed by atoms with E-state index in [-0.39, 0.29) is 12.5 Å². The quantitative estimate of drug-likeness (QED) is 0.340. The van der Waals surface area contributed by atoms with E-state index in [9.17, 15) is 4.79 Å². The Morgan fingerprint density at radius 1 is 1.04 bits per heavy atom. The van der Waals surface area contributed by atoms with Gasteiger partial charge in [0, 0.05) is 13.0 Å². The second-order valence-electron chi connectivity index (χ2n) is 6.64. The number of amides is 1. The number of nitrogens with one attached hydrogen (secondary N) is 3. The third kappa shape index (κ3) is 8.37. The molecule has 2 aromatic carbocycles. The minimum absolute atomic E-state index is 0.0952. The van der Waals surface area contributed by atoms with Crippen molar-refractivity contribution in [2.75, 3.05) is 33.8 Å². The molecule has 0 aliphatic carbocycles. The molecule has 0 aliphatic heterocycles. The van der Waals surface area contributed by atoms with Gasteiger partial charge in [0.2, 0.25) is 0 Å². The zero-order chi connectivity index (χ0) is 20.2. The molecule has 0 spiro atoms. The van der Waals surface area contributed by atoms with E-state index in [1.165, 1.54) is 5.56 Å². The second-order valence-corrected chi connectivity index (χ2v) is 7.05. The molecule has 2 rings (SSSR count). The minimum Gasteiger partial charge on any atom is -0.483 e. The zero-order valence-electron chi connectivity index (χ0n) is 16.4. The van der Waals surface area contributed by atoms with Gasteiger partial charge in [-0.05, 0) is 56.5 Å². The lowest BCUT2D eigenvalue weighted by Gasteiger charge is -2.14. The summed E-state index contributed by atoms with van der Waals surface area (Å²) in [5.41, 5.74) is 7.46. The van der Waals surface area contributed by atoms with E-state index >= 15 is 0 Å². The van der Waals surface area contributed by atoms with Crippen molar-refractivity contribution in [1.29, 1.82) is 0 Å². The van der Waals surface area contributed by atoms with E-state index < -0.39 is 0 Å². The number of carbonyl (C=O) groups excluding carboxylic acids is 1. The lowest BCUT2D eigenvalue weighted by atomic mass is 10.0. The summed E-state index contributed by atoms with van der Waals surface area (Å²) in [4.78, 5) is 14.1. The van der Waals surface area contributed by atoms with Crippen LogP contribution in [-0.2, 0) is 11.2 Å². The predicted octanol–water partition coefficient (Wildman–Crippen LogP) is 2.10. The highest BCUT2D eigenvalue weighted by atomic mass is 32.1. The van der Waals surface area contributed by atoms with Crippen LogP contribution in [0.5, 0.6) is 5.75 Å². The van der Waals surface area contributed by atoms with Gasteiger partial charge in [-0.3, -0.25) is 15.6 Å². The van der Waals surface area contributed by atoms with Gasteiger partial charge in [-0.15, -0.1) is 0 Å². The molecule has 0 radical (unpaired) electrons. The van der Waals surface area contributed by atoms with Crippen LogP contribution in [0.25, 0.3) is 0 Å². The number of hydrogen-bond donors (Lipinski definition) is 3. The van der Waals surface area contributed by atoms with Crippen molar-refractivity contribution in [3.05, 3.63) is 65.7 Å². The summed E-state index contributed by atoms with van der Waals surface area (Å²) >= 11 is 5.13. The highest BCUT2D eigenvalue weighted by Crippen LogP contribution is 2.21. The molecule has 0 aromatic heterocycles. The number of para-hydroxylation sites is 1. The van der Waals surface area contributed by atoms with Gasteiger partial charge in [-0.2, -0.15) is 0 Å². The number of ether oxygens (including phenoxy) is 1. The molecule has 1 amide bonds. The first-order valence-electron chi connectivity index (χ1n) is 9.26. The number of benzene rings is 2.